The van der Waals surface area contributed by atoms with Crippen LogP contribution >= 0.6 is 11.3 Å². The van der Waals surface area contributed by atoms with Gasteiger partial charge in [0.1, 0.15) is 13.2 Å². The first-order chi connectivity index (χ1) is 13.2. The average Bonchev–Trinajstić information content (AvgIpc) is 3.28. The zero-order chi connectivity index (χ0) is 19.1. The Morgan fingerprint density at radius 2 is 2.22 bits per heavy atom. The number of aryl methyl sites for hydroxylation is 1. The SMILES string of the molecule is COc1cc(C[NH2+]CCCN2CCCC2=O)ccc1OCc1csc(C)n1. The van der Waals surface area contributed by atoms with Crippen LogP contribution in [0.5, 0.6) is 11.5 Å². The van der Waals surface area contributed by atoms with Gasteiger partial charge in [0.05, 0.1) is 24.4 Å². The van der Waals surface area contributed by atoms with Crippen LogP contribution in [0.3, 0.4) is 0 Å². The van der Waals surface area contributed by atoms with Gasteiger partial charge in [-0.2, -0.15) is 0 Å². The summed E-state index contributed by atoms with van der Waals surface area (Å²) in [6.45, 7) is 6.13. The van der Waals surface area contributed by atoms with E-state index in [4.69, 9.17) is 9.47 Å². The summed E-state index contributed by atoms with van der Waals surface area (Å²) in [4.78, 5) is 18.0. The summed E-state index contributed by atoms with van der Waals surface area (Å²) in [5, 5.41) is 5.33. The Kier molecular flexibility index (Phi) is 7.06. The number of rotatable bonds is 10. The number of methoxy groups -OCH3 is 1. The second kappa shape index (κ2) is 9.71. The van der Waals surface area contributed by atoms with Crippen LogP contribution in [-0.2, 0) is 17.9 Å². The summed E-state index contributed by atoms with van der Waals surface area (Å²) in [6, 6.07) is 6.07. The number of carbonyl (C=O) groups is 1. The Hall–Kier alpha value is -2.12. The predicted octanol–water partition coefficient (Wildman–Crippen LogP) is 2.12. The molecule has 0 unspecified atom stereocenters. The largest absolute Gasteiger partial charge is 0.493 e. The van der Waals surface area contributed by atoms with Crippen molar-refractivity contribution in [1.29, 1.82) is 0 Å². The van der Waals surface area contributed by atoms with E-state index in [0.717, 1.165) is 67.6 Å². The lowest BCUT2D eigenvalue weighted by Gasteiger charge is -2.14. The Morgan fingerprint density at radius 3 is 2.93 bits per heavy atom. The second-order valence-corrected chi connectivity index (χ2v) is 7.81. The van der Waals surface area contributed by atoms with Crippen molar-refractivity contribution in [2.45, 2.75) is 39.3 Å². The molecule has 1 aromatic carbocycles. The van der Waals surface area contributed by atoms with Crippen molar-refractivity contribution in [2.24, 2.45) is 0 Å². The molecule has 146 valence electrons. The maximum atomic E-state index is 11.6. The summed E-state index contributed by atoms with van der Waals surface area (Å²) in [5.74, 6) is 1.79. The molecule has 27 heavy (non-hydrogen) atoms. The number of quaternary nitrogens is 1. The summed E-state index contributed by atoms with van der Waals surface area (Å²) >= 11 is 1.62. The summed E-state index contributed by atoms with van der Waals surface area (Å²) in [5.41, 5.74) is 2.13. The van der Waals surface area contributed by atoms with E-state index in [-0.39, 0.29) is 0 Å². The van der Waals surface area contributed by atoms with Gasteiger partial charge in [0.25, 0.3) is 0 Å². The Bertz CT molecular complexity index is 763. The second-order valence-electron chi connectivity index (χ2n) is 6.75. The molecule has 1 aliphatic heterocycles. The molecule has 3 rings (SSSR count). The van der Waals surface area contributed by atoms with Gasteiger partial charge >= 0.3 is 0 Å². The molecule has 0 bridgehead atoms. The summed E-state index contributed by atoms with van der Waals surface area (Å²) in [7, 11) is 1.66. The summed E-state index contributed by atoms with van der Waals surface area (Å²) < 4.78 is 11.3. The van der Waals surface area contributed by atoms with Gasteiger partial charge in [-0.05, 0) is 31.5 Å². The topological polar surface area (TPSA) is 68.3 Å². The smallest absolute Gasteiger partial charge is 0.222 e. The highest BCUT2D eigenvalue weighted by Gasteiger charge is 2.19. The van der Waals surface area contributed by atoms with Crippen molar-refractivity contribution in [1.82, 2.24) is 9.88 Å². The molecule has 1 aliphatic rings. The molecular weight excluding hydrogens is 362 g/mol. The van der Waals surface area contributed by atoms with E-state index in [1.54, 1.807) is 18.4 Å². The van der Waals surface area contributed by atoms with Crippen molar-refractivity contribution < 1.29 is 19.6 Å². The fraction of sp³-hybridized carbons (Fsp3) is 0.500. The molecular formula is C20H28N3O3S+. The number of ether oxygens (including phenoxy) is 2. The first-order valence-electron chi connectivity index (χ1n) is 9.46. The van der Waals surface area contributed by atoms with Gasteiger partial charge in [0.15, 0.2) is 11.5 Å². The zero-order valence-electron chi connectivity index (χ0n) is 16.1. The van der Waals surface area contributed by atoms with E-state index in [1.807, 2.05) is 29.3 Å². The normalized spacial score (nSPS) is 14.0. The fourth-order valence-electron chi connectivity index (χ4n) is 3.22. The van der Waals surface area contributed by atoms with Crippen LogP contribution in [0.2, 0.25) is 0 Å². The quantitative estimate of drug-likeness (QED) is 0.631. The van der Waals surface area contributed by atoms with E-state index in [2.05, 4.69) is 16.4 Å². The molecule has 1 fully saturated rings. The van der Waals surface area contributed by atoms with Gasteiger partial charge in [-0.1, -0.05) is 0 Å². The van der Waals surface area contributed by atoms with Crippen molar-refractivity contribution in [3.63, 3.8) is 0 Å². The van der Waals surface area contributed by atoms with Gasteiger partial charge < -0.3 is 19.7 Å². The monoisotopic (exact) mass is 390 g/mol. The van der Waals surface area contributed by atoms with E-state index in [9.17, 15) is 4.79 Å². The van der Waals surface area contributed by atoms with Crippen molar-refractivity contribution in [2.75, 3.05) is 26.7 Å². The highest BCUT2D eigenvalue weighted by atomic mass is 32.1. The molecule has 1 amide bonds. The lowest BCUT2D eigenvalue weighted by molar-refractivity contribution is -0.670. The van der Waals surface area contributed by atoms with Crippen molar-refractivity contribution >= 4 is 17.2 Å². The van der Waals surface area contributed by atoms with Crippen LogP contribution in [0.4, 0.5) is 0 Å². The Labute approximate surface area is 164 Å². The molecule has 1 saturated heterocycles. The van der Waals surface area contributed by atoms with E-state index in [1.165, 1.54) is 5.56 Å². The van der Waals surface area contributed by atoms with Crippen LogP contribution in [0.1, 0.15) is 35.5 Å². The van der Waals surface area contributed by atoms with Crippen LogP contribution in [0, 0.1) is 6.92 Å². The number of benzene rings is 1. The maximum Gasteiger partial charge on any atom is 0.222 e. The molecule has 0 aliphatic carbocycles. The minimum absolute atomic E-state index is 0.308. The molecule has 7 heteroatoms. The third-order valence-corrected chi connectivity index (χ3v) is 5.48. The van der Waals surface area contributed by atoms with E-state index >= 15 is 0 Å². The number of hydrogen-bond donors (Lipinski definition) is 1. The van der Waals surface area contributed by atoms with Crippen molar-refractivity contribution in [3.05, 3.63) is 39.8 Å². The lowest BCUT2D eigenvalue weighted by Crippen LogP contribution is -2.82. The molecule has 6 nitrogen and oxygen atoms in total. The molecule has 2 heterocycles. The van der Waals surface area contributed by atoms with E-state index < -0.39 is 0 Å². The molecule has 0 saturated carbocycles. The molecule has 2 aromatic rings. The maximum absolute atomic E-state index is 11.6. The first kappa shape index (κ1) is 19.6. The first-order valence-corrected chi connectivity index (χ1v) is 10.3. The molecule has 1 aromatic heterocycles. The fourth-order valence-corrected chi connectivity index (χ4v) is 3.82. The number of aromatic nitrogens is 1. The predicted molar refractivity (Wildman–Crippen MR) is 105 cm³/mol. The standard InChI is InChI=1S/C20H27N3O3S/c1-15-22-17(14-27-15)13-26-18-7-6-16(11-19(18)25-2)12-21-8-4-10-23-9-3-5-20(23)24/h6-7,11,14,21H,3-5,8-10,12-13H2,1-2H3/p+1. The molecule has 0 atom stereocenters. The van der Waals surface area contributed by atoms with Gasteiger partial charge in [-0.15, -0.1) is 11.3 Å². The van der Waals surface area contributed by atoms with E-state index in [0.29, 0.717) is 12.5 Å². The minimum Gasteiger partial charge on any atom is -0.493 e. The Morgan fingerprint density at radius 1 is 1.33 bits per heavy atom. The average molecular weight is 391 g/mol. The lowest BCUT2D eigenvalue weighted by atomic mass is 10.2. The third kappa shape index (κ3) is 5.68. The van der Waals surface area contributed by atoms with Crippen LogP contribution < -0.4 is 14.8 Å². The van der Waals surface area contributed by atoms with Gasteiger partial charge in [0, 0.05) is 36.9 Å². The number of thiazole rings is 1. The number of nitrogens with zero attached hydrogens (tertiary/aromatic N) is 2. The molecule has 0 spiro atoms. The third-order valence-electron chi connectivity index (χ3n) is 4.66. The van der Waals surface area contributed by atoms with Crippen LogP contribution in [-0.4, -0.2) is 42.5 Å². The molecule has 2 N–H and O–H groups in total. The van der Waals surface area contributed by atoms with Gasteiger partial charge in [0.2, 0.25) is 5.91 Å². The van der Waals surface area contributed by atoms with Gasteiger partial charge in [-0.25, -0.2) is 4.98 Å². The number of hydrogen-bond acceptors (Lipinski definition) is 5. The van der Waals surface area contributed by atoms with Crippen LogP contribution in [0.15, 0.2) is 23.6 Å². The highest BCUT2D eigenvalue weighted by Crippen LogP contribution is 2.28. The zero-order valence-corrected chi connectivity index (χ0v) is 16.9. The minimum atomic E-state index is 0.308. The van der Waals surface area contributed by atoms with Gasteiger partial charge in [-0.3, -0.25) is 4.79 Å². The number of nitrogens with two attached hydrogens (primary N) is 1. The number of amides is 1. The molecule has 0 radical (unpaired) electrons. The Balaban J connectivity index is 1.43. The highest BCUT2D eigenvalue weighted by molar-refractivity contribution is 7.09. The summed E-state index contributed by atoms with van der Waals surface area (Å²) in [6.07, 6.45) is 2.76. The number of likely N-dealkylation sites (tertiary alicyclic amines) is 1. The number of carbonyl (C=O) groups excluding carboxylic acids is 1. The van der Waals surface area contributed by atoms with Crippen molar-refractivity contribution in [3.8, 4) is 11.5 Å². The van der Waals surface area contributed by atoms with Crippen LogP contribution in [0.25, 0.3) is 0 Å².